The molecule has 1 fully saturated rings. The van der Waals surface area contributed by atoms with Crippen LogP contribution >= 0.6 is 0 Å². The third kappa shape index (κ3) is 3.73. The predicted octanol–water partition coefficient (Wildman–Crippen LogP) is 1.93. The summed E-state index contributed by atoms with van der Waals surface area (Å²) in [6, 6.07) is 5.72. The van der Waals surface area contributed by atoms with Gasteiger partial charge in [0.25, 0.3) is 11.7 Å². The Morgan fingerprint density at radius 2 is 1.96 bits per heavy atom. The van der Waals surface area contributed by atoms with E-state index in [0.717, 1.165) is 4.68 Å². The lowest BCUT2D eigenvalue weighted by atomic mass is 10.1. The van der Waals surface area contributed by atoms with Crippen molar-refractivity contribution in [1.29, 1.82) is 0 Å². The van der Waals surface area contributed by atoms with Crippen molar-refractivity contribution in [1.82, 2.24) is 25.1 Å². The van der Waals surface area contributed by atoms with Crippen molar-refractivity contribution >= 4 is 17.5 Å². The van der Waals surface area contributed by atoms with E-state index in [1.165, 1.54) is 15.9 Å². The van der Waals surface area contributed by atoms with Crippen LogP contribution in [-0.4, -0.2) is 57.1 Å². The number of likely N-dealkylation sites (N-methyl/N-ethyl adjacent to an activating group) is 1. The molecular formula is C17H17F3N6O2. The van der Waals surface area contributed by atoms with Gasteiger partial charge < -0.3 is 9.80 Å². The standard InChI is InChI=1S/C17H17F3N6O2/c1-3-14(27)24(2)12-6-4-11(5-7-12)15(28)25-9-8-13(10-25)26-16(17(18,19)20)21-22-23-26/h3-7,13H,1,8-10H2,2H3. The van der Waals surface area contributed by atoms with Crippen molar-refractivity contribution in [3.63, 3.8) is 0 Å². The SMILES string of the molecule is C=CC(=O)N(C)c1ccc(C(=O)N2CCC(n3nnnc3C(F)(F)F)C2)cc1. The molecule has 1 saturated heterocycles. The molecule has 0 spiro atoms. The molecule has 11 heteroatoms. The fourth-order valence-corrected chi connectivity index (χ4v) is 3.03. The van der Waals surface area contributed by atoms with Gasteiger partial charge in [-0.15, -0.1) is 5.10 Å². The Kier molecular flexibility index (Phi) is 5.16. The molecule has 0 N–H and O–H groups in total. The van der Waals surface area contributed by atoms with E-state index >= 15 is 0 Å². The number of tetrazole rings is 1. The Labute approximate surface area is 158 Å². The van der Waals surface area contributed by atoms with Crippen LogP contribution in [0.5, 0.6) is 0 Å². The Morgan fingerprint density at radius 3 is 2.57 bits per heavy atom. The molecule has 0 saturated carbocycles. The summed E-state index contributed by atoms with van der Waals surface area (Å²) in [5.74, 6) is -1.78. The number of carbonyl (C=O) groups is 2. The maximum atomic E-state index is 13.0. The number of carbonyl (C=O) groups excluding carboxylic acids is 2. The maximum Gasteiger partial charge on any atom is 0.453 e. The molecule has 1 atom stereocenters. The van der Waals surface area contributed by atoms with E-state index in [2.05, 4.69) is 22.1 Å². The highest BCUT2D eigenvalue weighted by molar-refractivity contribution is 6.01. The van der Waals surface area contributed by atoms with Gasteiger partial charge in [0.2, 0.25) is 5.91 Å². The smallest absolute Gasteiger partial charge is 0.336 e. The van der Waals surface area contributed by atoms with Gasteiger partial charge in [0.15, 0.2) is 0 Å². The van der Waals surface area contributed by atoms with Gasteiger partial charge in [-0.05, 0) is 47.2 Å². The summed E-state index contributed by atoms with van der Waals surface area (Å²) in [5.41, 5.74) is 0.959. The monoisotopic (exact) mass is 394 g/mol. The molecule has 0 bridgehead atoms. The summed E-state index contributed by atoms with van der Waals surface area (Å²) in [6.07, 6.45) is -3.17. The van der Waals surface area contributed by atoms with E-state index in [9.17, 15) is 22.8 Å². The van der Waals surface area contributed by atoms with Crippen molar-refractivity contribution in [2.45, 2.75) is 18.6 Å². The summed E-state index contributed by atoms with van der Waals surface area (Å²) in [6.45, 7) is 3.78. The molecule has 0 radical (unpaired) electrons. The number of anilines is 1. The minimum absolute atomic E-state index is 0.0730. The second-order valence-corrected chi connectivity index (χ2v) is 6.29. The summed E-state index contributed by atoms with van der Waals surface area (Å²) in [7, 11) is 1.58. The lowest BCUT2D eigenvalue weighted by molar-refractivity contribution is -0.148. The Balaban J connectivity index is 1.71. The van der Waals surface area contributed by atoms with Gasteiger partial charge in [0.05, 0.1) is 6.04 Å². The van der Waals surface area contributed by atoms with Crippen molar-refractivity contribution < 1.29 is 22.8 Å². The van der Waals surface area contributed by atoms with E-state index in [1.807, 2.05) is 0 Å². The number of alkyl halides is 3. The summed E-state index contributed by atoms with van der Waals surface area (Å²) < 4.78 is 39.6. The number of amides is 2. The molecule has 1 aromatic heterocycles. The van der Waals surface area contributed by atoms with Crippen LogP contribution in [0.1, 0.15) is 28.6 Å². The molecule has 3 rings (SSSR count). The molecule has 8 nitrogen and oxygen atoms in total. The minimum Gasteiger partial charge on any atom is -0.336 e. The van der Waals surface area contributed by atoms with E-state index in [4.69, 9.17) is 0 Å². The van der Waals surface area contributed by atoms with E-state index in [0.29, 0.717) is 17.7 Å². The number of halogens is 3. The van der Waals surface area contributed by atoms with Crippen LogP contribution in [0.25, 0.3) is 0 Å². The van der Waals surface area contributed by atoms with Crippen LogP contribution in [-0.2, 0) is 11.0 Å². The van der Waals surface area contributed by atoms with Gasteiger partial charge in [-0.1, -0.05) is 6.58 Å². The lowest BCUT2D eigenvalue weighted by Crippen LogP contribution is -2.30. The Bertz CT molecular complexity index is 893. The molecular weight excluding hydrogens is 377 g/mol. The number of rotatable bonds is 4. The van der Waals surface area contributed by atoms with Crippen molar-refractivity contribution in [3.05, 3.63) is 48.3 Å². The Hall–Kier alpha value is -3.24. The van der Waals surface area contributed by atoms with Crippen LogP contribution < -0.4 is 4.90 Å². The number of aromatic nitrogens is 4. The number of hydrogen-bond donors (Lipinski definition) is 0. The average molecular weight is 394 g/mol. The summed E-state index contributed by atoms with van der Waals surface area (Å²) in [4.78, 5) is 27.1. The van der Waals surface area contributed by atoms with Crippen LogP contribution in [0, 0.1) is 0 Å². The van der Waals surface area contributed by atoms with Gasteiger partial charge in [-0.3, -0.25) is 9.59 Å². The summed E-state index contributed by atoms with van der Waals surface area (Å²) >= 11 is 0. The third-order valence-electron chi connectivity index (χ3n) is 4.55. The molecule has 1 aliphatic heterocycles. The first-order chi connectivity index (χ1) is 13.2. The highest BCUT2D eigenvalue weighted by Crippen LogP contribution is 2.31. The van der Waals surface area contributed by atoms with Crippen molar-refractivity contribution in [2.24, 2.45) is 0 Å². The predicted molar refractivity (Wildman–Crippen MR) is 92.4 cm³/mol. The van der Waals surface area contributed by atoms with E-state index in [-0.39, 0.29) is 24.9 Å². The molecule has 2 heterocycles. The first kappa shape index (κ1) is 19.5. The fourth-order valence-electron chi connectivity index (χ4n) is 3.03. The molecule has 0 aliphatic carbocycles. The highest BCUT2D eigenvalue weighted by atomic mass is 19.4. The second-order valence-electron chi connectivity index (χ2n) is 6.29. The minimum atomic E-state index is -4.66. The van der Waals surface area contributed by atoms with Crippen molar-refractivity contribution in [3.8, 4) is 0 Å². The van der Waals surface area contributed by atoms with Gasteiger partial charge in [0, 0.05) is 31.4 Å². The maximum absolute atomic E-state index is 13.0. The number of likely N-dealkylation sites (tertiary alicyclic amines) is 1. The summed E-state index contributed by atoms with van der Waals surface area (Å²) in [5, 5.41) is 9.59. The van der Waals surface area contributed by atoms with Crippen LogP contribution in [0.3, 0.4) is 0 Å². The molecule has 1 aromatic carbocycles. The third-order valence-corrected chi connectivity index (χ3v) is 4.55. The molecule has 1 unspecified atom stereocenters. The van der Waals surface area contributed by atoms with E-state index < -0.39 is 18.0 Å². The first-order valence-electron chi connectivity index (χ1n) is 8.37. The van der Waals surface area contributed by atoms with Gasteiger partial charge in [0.1, 0.15) is 0 Å². The fraction of sp³-hybridized carbons (Fsp3) is 0.353. The molecule has 2 aromatic rings. The normalized spacial score (nSPS) is 16.9. The van der Waals surface area contributed by atoms with Crippen LogP contribution in [0.4, 0.5) is 18.9 Å². The van der Waals surface area contributed by atoms with Crippen LogP contribution in [0.15, 0.2) is 36.9 Å². The van der Waals surface area contributed by atoms with Gasteiger partial charge >= 0.3 is 6.18 Å². The topological polar surface area (TPSA) is 84.2 Å². The molecule has 148 valence electrons. The van der Waals surface area contributed by atoms with Gasteiger partial charge in [-0.2, -0.15) is 13.2 Å². The zero-order valence-electron chi connectivity index (χ0n) is 14.9. The first-order valence-corrected chi connectivity index (χ1v) is 8.37. The zero-order valence-corrected chi connectivity index (χ0v) is 14.9. The average Bonchev–Trinajstić information content (AvgIpc) is 3.35. The van der Waals surface area contributed by atoms with E-state index in [1.54, 1.807) is 31.3 Å². The zero-order chi connectivity index (χ0) is 20.5. The Morgan fingerprint density at radius 1 is 1.29 bits per heavy atom. The molecule has 1 aliphatic rings. The number of benzene rings is 1. The quantitative estimate of drug-likeness (QED) is 0.740. The lowest BCUT2D eigenvalue weighted by Gasteiger charge is -2.19. The molecule has 2 amide bonds. The number of nitrogens with zero attached hydrogens (tertiary/aromatic N) is 6. The molecule has 28 heavy (non-hydrogen) atoms. The van der Waals surface area contributed by atoms with Crippen LogP contribution in [0.2, 0.25) is 0 Å². The number of hydrogen-bond acceptors (Lipinski definition) is 5. The van der Waals surface area contributed by atoms with Crippen molar-refractivity contribution in [2.75, 3.05) is 25.0 Å². The van der Waals surface area contributed by atoms with Gasteiger partial charge in [-0.25, -0.2) is 4.68 Å². The highest BCUT2D eigenvalue weighted by Gasteiger charge is 2.41. The second kappa shape index (κ2) is 7.41. The largest absolute Gasteiger partial charge is 0.453 e.